The highest BCUT2D eigenvalue weighted by molar-refractivity contribution is 5.77. The second-order valence-electron chi connectivity index (χ2n) is 5.20. The first-order chi connectivity index (χ1) is 11.8. The van der Waals surface area contributed by atoms with E-state index >= 15 is 0 Å². The zero-order valence-corrected chi connectivity index (χ0v) is 12.9. The van der Waals surface area contributed by atoms with Crippen LogP contribution < -0.4 is 5.32 Å². The number of aryl methyl sites for hydroxylation is 2. The molecule has 5 nitrogen and oxygen atoms in total. The Kier molecular flexibility index (Phi) is 4.55. The summed E-state index contributed by atoms with van der Waals surface area (Å²) in [4.78, 5) is 4.50. The quantitative estimate of drug-likeness (QED) is 0.720. The van der Waals surface area contributed by atoms with Crippen LogP contribution in [-0.2, 0) is 12.8 Å². The number of nitrogens with zero attached hydrogens (tertiary/aromatic N) is 3. The molecule has 0 saturated heterocycles. The van der Waals surface area contributed by atoms with Crippen molar-refractivity contribution in [3.8, 4) is 12.1 Å². The molecule has 0 aliphatic rings. The molecule has 0 radical (unpaired) electrons. The summed E-state index contributed by atoms with van der Waals surface area (Å²) in [6, 6.07) is 19.3. The molecule has 5 heteroatoms. The Bertz CT molecular complexity index is 942. The zero-order chi connectivity index (χ0) is 16.8. The van der Waals surface area contributed by atoms with Crippen LogP contribution in [-0.4, -0.2) is 4.98 Å². The summed E-state index contributed by atoms with van der Waals surface area (Å²) < 4.78 is 5.75. The van der Waals surface area contributed by atoms with E-state index < -0.39 is 0 Å². The van der Waals surface area contributed by atoms with E-state index in [0.717, 1.165) is 24.0 Å². The van der Waals surface area contributed by atoms with Gasteiger partial charge in [0.25, 0.3) is 0 Å². The molecule has 0 amide bonds. The van der Waals surface area contributed by atoms with Gasteiger partial charge in [-0.05, 0) is 30.2 Å². The molecule has 1 N–H and O–H groups in total. The third kappa shape index (κ3) is 3.60. The lowest BCUT2D eigenvalue weighted by Crippen LogP contribution is -1.91. The van der Waals surface area contributed by atoms with Gasteiger partial charge >= 0.3 is 0 Å². The summed E-state index contributed by atoms with van der Waals surface area (Å²) in [7, 11) is 0. The van der Waals surface area contributed by atoms with Crippen LogP contribution >= 0.6 is 0 Å². The fraction of sp³-hybridized carbons (Fsp3) is 0.105. The number of fused-ring (bicyclic) bond motifs is 1. The largest absolute Gasteiger partial charge is 0.441 e. The molecule has 0 spiro atoms. The minimum atomic E-state index is 0.0128. The van der Waals surface area contributed by atoms with Crippen LogP contribution in [0.2, 0.25) is 0 Å². The van der Waals surface area contributed by atoms with E-state index in [2.05, 4.69) is 22.4 Å². The standard InChI is InChI=1S/C19H14N4O/c20-11-15(12-21)13-22-16-7-8-18-17(10-16)23-19(24-18)9-6-14-4-2-1-3-5-14/h1-5,7-8,10,13,22H,6,9H2. The normalized spacial score (nSPS) is 9.92. The van der Waals surface area contributed by atoms with Gasteiger partial charge in [0.1, 0.15) is 23.2 Å². The van der Waals surface area contributed by atoms with Gasteiger partial charge in [0.2, 0.25) is 0 Å². The van der Waals surface area contributed by atoms with E-state index in [9.17, 15) is 0 Å². The van der Waals surface area contributed by atoms with Gasteiger partial charge in [-0.15, -0.1) is 0 Å². The molecule has 0 aliphatic heterocycles. The minimum Gasteiger partial charge on any atom is -0.441 e. The summed E-state index contributed by atoms with van der Waals surface area (Å²) in [5, 5.41) is 20.4. The van der Waals surface area contributed by atoms with Crippen molar-refractivity contribution in [2.75, 3.05) is 5.32 Å². The highest BCUT2D eigenvalue weighted by Crippen LogP contribution is 2.21. The number of oxazole rings is 1. The summed E-state index contributed by atoms with van der Waals surface area (Å²) >= 11 is 0. The highest BCUT2D eigenvalue weighted by Gasteiger charge is 2.07. The topological polar surface area (TPSA) is 85.6 Å². The molecule has 0 unspecified atom stereocenters. The number of benzene rings is 2. The van der Waals surface area contributed by atoms with Gasteiger partial charge in [-0.2, -0.15) is 10.5 Å². The van der Waals surface area contributed by atoms with E-state index in [1.807, 2.05) is 36.4 Å². The van der Waals surface area contributed by atoms with Crippen molar-refractivity contribution in [3.05, 3.63) is 71.8 Å². The fourth-order valence-corrected chi connectivity index (χ4v) is 2.31. The van der Waals surface area contributed by atoms with Crippen LogP contribution in [0.1, 0.15) is 11.5 Å². The molecule has 0 atom stereocenters. The summed E-state index contributed by atoms with van der Waals surface area (Å²) in [6.07, 6.45) is 2.97. The zero-order valence-electron chi connectivity index (χ0n) is 12.9. The average Bonchev–Trinajstić information content (AvgIpc) is 3.04. The monoisotopic (exact) mass is 314 g/mol. The number of aromatic nitrogens is 1. The van der Waals surface area contributed by atoms with Crippen molar-refractivity contribution in [1.29, 1.82) is 10.5 Å². The maximum Gasteiger partial charge on any atom is 0.195 e. The molecular formula is C19H14N4O. The van der Waals surface area contributed by atoms with Crippen LogP contribution in [0, 0.1) is 22.7 Å². The maximum atomic E-state index is 8.72. The first-order valence-corrected chi connectivity index (χ1v) is 7.49. The number of hydrogen-bond acceptors (Lipinski definition) is 5. The van der Waals surface area contributed by atoms with Gasteiger partial charge in [0.05, 0.1) is 0 Å². The molecule has 3 rings (SSSR count). The van der Waals surface area contributed by atoms with E-state index in [-0.39, 0.29) is 5.57 Å². The minimum absolute atomic E-state index is 0.0128. The van der Waals surface area contributed by atoms with Crippen LogP contribution in [0.25, 0.3) is 11.1 Å². The van der Waals surface area contributed by atoms with Gasteiger partial charge < -0.3 is 9.73 Å². The molecular weight excluding hydrogens is 300 g/mol. The molecule has 116 valence electrons. The molecule has 1 aromatic heterocycles. The molecule has 0 bridgehead atoms. The van der Waals surface area contributed by atoms with E-state index in [1.165, 1.54) is 11.8 Å². The summed E-state index contributed by atoms with van der Waals surface area (Å²) in [5.74, 6) is 0.691. The Labute approximate surface area is 139 Å². The van der Waals surface area contributed by atoms with E-state index in [1.54, 1.807) is 12.1 Å². The average molecular weight is 314 g/mol. The van der Waals surface area contributed by atoms with Crippen molar-refractivity contribution >= 4 is 16.8 Å². The lowest BCUT2D eigenvalue weighted by molar-refractivity contribution is 0.528. The number of nitrogens with one attached hydrogen (secondary N) is 1. The first kappa shape index (κ1) is 15.3. The Morgan fingerprint density at radius 3 is 2.62 bits per heavy atom. The maximum absolute atomic E-state index is 8.72. The van der Waals surface area contributed by atoms with Crippen LogP contribution in [0.4, 0.5) is 5.69 Å². The second kappa shape index (κ2) is 7.13. The smallest absolute Gasteiger partial charge is 0.195 e. The number of hydrogen-bond donors (Lipinski definition) is 1. The van der Waals surface area contributed by atoms with Crippen molar-refractivity contribution in [2.45, 2.75) is 12.8 Å². The fourth-order valence-electron chi connectivity index (χ4n) is 2.31. The SMILES string of the molecule is N#CC(C#N)=CNc1ccc2oc(CCc3ccccc3)nc2c1. The second-order valence-corrected chi connectivity index (χ2v) is 5.20. The molecule has 2 aromatic carbocycles. The lowest BCUT2D eigenvalue weighted by Gasteiger charge is -1.98. The van der Waals surface area contributed by atoms with Gasteiger partial charge in [0, 0.05) is 18.3 Å². The van der Waals surface area contributed by atoms with Crippen LogP contribution in [0.5, 0.6) is 0 Å². The summed E-state index contributed by atoms with van der Waals surface area (Å²) in [6.45, 7) is 0. The lowest BCUT2D eigenvalue weighted by atomic mass is 10.1. The predicted octanol–water partition coefficient (Wildman–Crippen LogP) is 3.96. The van der Waals surface area contributed by atoms with Crippen molar-refractivity contribution in [3.63, 3.8) is 0 Å². The molecule has 0 aliphatic carbocycles. The van der Waals surface area contributed by atoms with Crippen molar-refractivity contribution in [1.82, 2.24) is 4.98 Å². The van der Waals surface area contributed by atoms with Gasteiger partial charge in [-0.25, -0.2) is 4.98 Å². The number of allylic oxidation sites excluding steroid dienone is 1. The Morgan fingerprint density at radius 1 is 1.08 bits per heavy atom. The number of anilines is 1. The first-order valence-electron chi connectivity index (χ1n) is 7.49. The molecule has 3 aromatic rings. The van der Waals surface area contributed by atoms with E-state index in [4.69, 9.17) is 14.9 Å². The Morgan fingerprint density at radius 2 is 1.88 bits per heavy atom. The number of rotatable bonds is 5. The number of nitriles is 2. The molecule has 24 heavy (non-hydrogen) atoms. The van der Waals surface area contributed by atoms with Crippen LogP contribution in [0.15, 0.2) is 64.7 Å². The van der Waals surface area contributed by atoms with E-state index in [0.29, 0.717) is 11.5 Å². The van der Waals surface area contributed by atoms with Crippen molar-refractivity contribution < 1.29 is 4.42 Å². The van der Waals surface area contributed by atoms with Gasteiger partial charge in [0.15, 0.2) is 11.5 Å². The van der Waals surface area contributed by atoms with Crippen LogP contribution in [0.3, 0.4) is 0 Å². The highest BCUT2D eigenvalue weighted by atomic mass is 16.3. The third-order valence-corrected chi connectivity index (χ3v) is 3.53. The third-order valence-electron chi connectivity index (χ3n) is 3.53. The van der Waals surface area contributed by atoms with Crippen molar-refractivity contribution in [2.24, 2.45) is 0 Å². The molecule has 0 saturated carbocycles. The molecule has 1 heterocycles. The van der Waals surface area contributed by atoms with Gasteiger partial charge in [-0.3, -0.25) is 0 Å². The Balaban J connectivity index is 1.73. The Hall–Kier alpha value is -3.57. The predicted molar refractivity (Wildman–Crippen MR) is 90.8 cm³/mol. The summed E-state index contributed by atoms with van der Waals surface area (Å²) in [5.41, 5.74) is 3.46. The van der Waals surface area contributed by atoms with Gasteiger partial charge in [-0.1, -0.05) is 30.3 Å². The molecule has 0 fully saturated rings.